The standard InChI is InChI=1S/C17H18N2O4S/c20-16(19-7-3-4-12(8-19)17(21)22)14-5-1-2-6-15(14)23-9-13-10-24-11-18-13/h1-2,5-6,10-12H,3-4,7-9H2,(H,21,22). The van der Waals surface area contributed by atoms with Crippen LogP contribution in [0, 0.1) is 5.92 Å². The molecule has 1 N–H and O–H groups in total. The summed E-state index contributed by atoms with van der Waals surface area (Å²) in [7, 11) is 0. The van der Waals surface area contributed by atoms with Crippen LogP contribution in [0.4, 0.5) is 0 Å². The minimum absolute atomic E-state index is 0.185. The second-order valence-electron chi connectivity index (χ2n) is 5.69. The maximum atomic E-state index is 12.8. The Bertz CT molecular complexity index is 717. The molecule has 1 aromatic heterocycles. The first-order valence-electron chi connectivity index (χ1n) is 7.76. The van der Waals surface area contributed by atoms with Gasteiger partial charge in [-0.1, -0.05) is 12.1 Å². The van der Waals surface area contributed by atoms with E-state index in [0.717, 1.165) is 5.69 Å². The highest BCUT2D eigenvalue weighted by Crippen LogP contribution is 2.24. The monoisotopic (exact) mass is 346 g/mol. The average molecular weight is 346 g/mol. The molecular formula is C17H18N2O4S. The van der Waals surface area contributed by atoms with Crippen LogP contribution in [0.25, 0.3) is 0 Å². The number of carbonyl (C=O) groups is 2. The van der Waals surface area contributed by atoms with Crippen molar-refractivity contribution in [2.24, 2.45) is 5.92 Å². The van der Waals surface area contributed by atoms with Gasteiger partial charge in [-0.25, -0.2) is 4.98 Å². The number of carbonyl (C=O) groups excluding carboxylic acids is 1. The lowest BCUT2D eigenvalue weighted by Crippen LogP contribution is -2.42. The molecule has 0 saturated carbocycles. The summed E-state index contributed by atoms with van der Waals surface area (Å²) in [6.45, 7) is 1.11. The number of rotatable bonds is 5. The molecule has 126 valence electrons. The van der Waals surface area contributed by atoms with Crippen molar-refractivity contribution in [2.75, 3.05) is 13.1 Å². The van der Waals surface area contributed by atoms with E-state index in [9.17, 15) is 14.7 Å². The first kappa shape index (κ1) is 16.4. The van der Waals surface area contributed by atoms with Gasteiger partial charge in [-0.3, -0.25) is 9.59 Å². The molecule has 1 saturated heterocycles. The molecule has 0 bridgehead atoms. The predicted molar refractivity (Wildman–Crippen MR) is 89.2 cm³/mol. The fraction of sp³-hybridized carbons (Fsp3) is 0.353. The van der Waals surface area contributed by atoms with Gasteiger partial charge in [0, 0.05) is 18.5 Å². The zero-order chi connectivity index (χ0) is 16.9. The number of para-hydroxylation sites is 1. The van der Waals surface area contributed by atoms with Crippen molar-refractivity contribution in [3.8, 4) is 5.75 Å². The number of ether oxygens (including phenoxy) is 1. The lowest BCUT2D eigenvalue weighted by atomic mass is 9.97. The van der Waals surface area contributed by atoms with Gasteiger partial charge in [0.1, 0.15) is 12.4 Å². The van der Waals surface area contributed by atoms with Gasteiger partial charge in [0.05, 0.1) is 22.7 Å². The quantitative estimate of drug-likeness (QED) is 0.900. The van der Waals surface area contributed by atoms with E-state index in [1.807, 2.05) is 11.4 Å². The van der Waals surface area contributed by atoms with Crippen LogP contribution >= 0.6 is 11.3 Å². The molecule has 3 rings (SSSR count). The Morgan fingerprint density at radius 3 is 2.96 bits per heavy atom. The topological polar surface area (TPSA) is 79.7 Å². The van der Waals surface area contributed by atoms with E-state index in [1.165, 1.54) is 11.3 Å². The van der Waals surface area contributed by atoms with E-state index >= 15 is 0 Å². The molecule has 0 radical (unpaired) electrons. The van der Waals surface area contributed by atoms with Crippen LogP contribution in [-0.2, 0) is 11.4 Å². The molecule has 1 atom stereocenters. The Labute approximate surface area is 143 Å². The number of likely N-dealkylation sites (tertiary alicyclic amines) is 1. The maximum Gasteiger partial charge on any atom is 0.308 e. The second kappa shape index (κ2) is 7.44. The van der Waals surface area contributed by atoms with Gasteiger partial charge in [-0.2, -0.15) is 0 Å². The van der Waals surface area contributed by atoms with Crippen LogP contribution in [0.2, 0.25) is 0 Å². The van der Waals surface area contributed by atoms with Crippen LogP contribution in [0.5, 0.6) is 5.75 Å². The Morgan fingerprint density at radius 1 is 1.38 bits per heavy atom. The average Bonchev–Trinajstić information content (AvgIpc) is 3.13. The van der Waals surface area contributed by atoms with Gasteiger partial charge < -0.3 is 14.7 Å². The number of carboxylic acid groups (broad SMARTS) is 1. The predicted octanol–water partition coefficient (Wildman–Crippen LogP) is 2.66. The van der Waals surface area contributed by atoms with E-state index < -0.39 is 11.9 Å². The van der Waals surface area contributed by atoms with Crippen molar-refractivity contribution in [1.82, 2.24) is 9.88 Å². The minimum atomic E-state index is -0.847. The fourth-order valence-electron chi connectivity index (χ4n) is 2.76. The van der Waals surface area contributed by atoms with Crippen LogP contribution in [0.15, 0.2) is 35.2 Å². The molecule has 7 heteroatoms. The fourth-order valence-corrected chi connectivity index (χ4v) is 3.31. The Balaban J connectivity index is 1.73. The molecule has 1 amide bonds. The summed E-state index contributed by atoms with van der Waals surface area (Å²) in [5, 5.41) is 11.1. The van der Waals surface area contributed by atoms with Gasteiger partial charge in [-0.15, -0.1) is 11.3 Å². The third-order valence-electron chi connectivity index (χ3n) is 4.03. The molecule has 0 spiro atoms. The summed E-state index contributed by atoms with van der Waals surface area (Å²) < 4.78 is 5.75. The number of hydrogen-bond donors (Lipinski definition) is 1. The number of hydrogen-bond acceptors (Lipinski definition) is 5. The lowest BCUT2D eigenvalue weighted by molar-refractivity contribution is -0.143. The van der Waals surface area contributed by atoms with Crippen molar-refractivity contribution in [1.29, 1.82) is 0 Å². The number of nitrogens with zero attached hydrogens (tertiary/aromatic N) is 2. The van der Waals surface area contributed by atoms with Crippen LogP contribution in [-0.4, -0.2) is 40.0 Å². The Kier molecular flexibility index (Phi) is 5.10. The highest BCUT2D eigenvalue weighted by molar-refractivity contribution is 7.07. The molecular weight excluding hydrogens is 328 g/mol. The number of aliphatic carboxylic acids is 1. The van der Waals surface area contributed by atoms with E-state index in [4.69, 9.17) is 4.74 Å². The van der Waals surface area contributed by atoms with Crippen LogP contribution in [0.1, 0.15) is 28.9 Å². The summed E-state index contributed by atoms with van der Waals surface area (Å²) in [6.07, 6.45) is 1.31. The third kappa shape index (κ3) is 3.73. The summed E-state index contributed by atoms with van der Waals surface area (Å²) in [5.74, 6) is -1.03. The number of aromatic nitrogens is 1. The molecule has 1 aliphatic rings. The van der Waals surface area contributed by atoms with Crippen molar-refractivity contribution in [2.45, 2.75) is 19.4 Å². The second-order valence-corrected chi connectivity index (χ2v) is 6.41. The summed E-state index contributed by atoms with van der Waals surface area (Å²) in [5.41, 5.74) is 3.00. The first-order valence-corrected chi connectivity index (χ1v) is 8.70. The molecule has 0 aliphatic carbocycles. The molecule has 1 aromatic carbocycles. The first-order chi connectivity index (χ1) is 11.6. The highest BCUT2D eigenvalue weighted by atomic mass is 32.1. The van der Waals surface area contributed by atoms with Gasteiger partial charge in [0.2, 0.25) is 0 Å². The summed E-state index contributed by atoms with van der Waals surface area (Å²) in [4.78, 5) is 29.7. The van der Waals surface area contributed by atoms with E-state index in [-0.39, 0.29) is 12.5 Å². The van der Waals surface area contributed by atoms with Crippen molar-refractivity contribution in [3.05, 3.63) is 46.4 Å². The molecule has 2 aromatic rings. The summed E-state index contributed by atoms with van der Waals surface area (Å²) in [6, 6.07) is 7.05. The SMILES string of the molecule is O=C(O)C1CCCN(C(=O)c2ccccc2OCc2cscn2)C1. The molecule has 1 unspecified atom stereocenters. The number of benzene rings is 1. The molecule has 24 heavy (non-hydrogen) atoms. The van der Waals surface area contributed by atoms with Crippen molar-refractivity contribution >= 4 is 23.2 Å². The molecule has 1 aliphatic heterocycles. The lowest BCUT2D eigenvalue weighted by Gasteiger charge is -2.31. The Morgan fingerprint density at radius 2 is 2.21 bits per heavy atom. The van der Waals surface area contributed by atoms with E-state index in [2.05, 4.69) is 4.98 Å². The number of thiazole rings is 1. The summed E-state index contributed by atoms with van der Waals surface area (Å²) >= 11 is 1.49. The van der Waals surface area contributed by atoms with Crippen LogP contribution < -0.4 is 4.74 Å². The normalized spacial score (nSPS) is 17.5. The molecule has 6 nitrogen and oxygen atoms in total. The Hall–Kier alpha value is -2.41. The zero-order valence-corrected chi connectivity index (χ0v) is 13.9. The number of amides is 1. The van der Waals surface area contributed by atoms with E-state index in [1.54, 1.807) is 28.6 Å². The van der Waals surface area contributed by atoms with Gasteiger partial charge in [-0.05, 0) is 25.0 Å². The largest absolute Gasteiger partial charge is 0.486 e. The van der Waals surface area contributed by atoms with Gasteiger partial charge >= 0.3 is 5.97 Å². The highest BCUT2D eigenvalue weighted by Gasteiger charge is 2.29. The number of piperidine rings is 1. The van der Waals surface area contributed by atoms with E-state index in [0.29, 0.717) is 37.3 Å². The van der Waals surface area contributed by atoms with Gasteiger partial charge in [0.15, 0.2) is 0 Å². The zero-order valence-electron chi connectivity index (χ0n) is 13.1. The third-order valence-corrected chi connectivity index (χ3v) is 4.67. The van der Waals surface area contributed by atoms with Crippen LogP contribution in [0.3, 0.4) is 0 Å². The molecule has 1 fully saturated rings. The molecule has 2 heterocycles. The van der Waals surface area contributed by atoms with Crippen molar-refractivity contribution < 1.29 is 19.4 Å². The smallest absolute Gasteiger partial charge is 0.308 e. The van der Waals surface area contributed by atoms with Gasteiger partial charge in [0.25, 0.3) is 5.91 Å². The maximum absolute atomic E-state index is 12.8. The minimum Gasteiger partial charge on any atom is -0.486 e. The number of carboxylic acids is 1. The van der Waals surface area contributed by atoms with Crippen molar-refractivity contribution in [3.63, 3.8) is 0 Å².